The van der Waals surface area contributed by atoms with Crippen LogP contribution in [0.4, 0.5) is 0 Å². The summed E-state index contributed by atoms with van der Waals surface area (Å²) in [7, 11) is 1.96. The van der Waals surface area contributed by atoms with Crippen LogP contribution >= 0.6 is 11.3 Å². The van der Waals surface area contributed by atoms with Crippen molar-refractivity contribution in [1.29, 1.82) is 0 Å². The minimum atomic E-state index is 0.778. The van der Waals surface area contributed by atoms with E-state index in [1.807, 2.05) is 18.4 Å². The summed E-state index contributed by atoms with van der Waals surface area (Å²) in [6.07, 6.45) is 1.34. The molecule has 2 atom stereocenters. The Hall–Kier alpha value is -0.410. The fourth-order valence-electron chi connectivity index (χ4n) is 1.42. The van der Waals surface area contributed by atoms with Gasteiger partial charge in [-0.1, -0.05) is 6.92 Å². The van der Waals surface area contributed by atoms with Gasteiger partial charge in [-0.2, -0.15) is 0 Å². The molecular weight excluding hydrogens is 168 g/mol. The zero-order valence-corrected chi connectivity index (χ0v) is 8.32. The molecule has 1 aliphatic carbocycles. The van der Waals surface area contributed by atoms with Gasteiger partial charge in [-0.25, -0.2) is 4.98 Å². The molecule has 1 fully saturated rings. The van der Waals surface area contributed by atoms with E-state index < -0.39 is 0 Å². The van der Waals surface area contributed by atoms with Crippen molar-refractivity contribution in [3.63, 3.8) is 0 Å². The number of hydrogen-bond acceptors (Lipinski definition) is 3. The van der Waals surface area contributed by atoms with Crippen molar-refractivity contribution < 1.29 is 0 Å². The molecule has 0 aromatic carbocycles. The van der Waals surface area contributed by atoms with E-state index in [4.69, 9.17) is 0 Å². The van der Waals surface area contributed by atoms with Crippen molar-refractivity contribution in [3.05, 3.63) is 16.1 Å². The van der Waals surface area contributed by atoms with E-state index in [1.165, 1.54) is 17.1 Å². The van der Waals surface area contributed by atoms with Gasteiger partial charge in [-0.05, 0) is 19.4 Å². The molecule has 0 amide bonds. The molecule has 66 valence electrons. The quantitative estimate of drug-likeness (QED) is 0.773. The molecule has 2 nitrogen and oxygen atoms in total. The lowest BCUT2D eigenvalue weighted by molar-refractivity contribution is 0.788. The van der Waals surface area contributed by atoms with Gasteiger partial charge >= 0.3 is 0 Å². The smallest absolute Gasteiger partial charge is 0.0962 e. The molecule has 1 saturated carbocycles. The van der Waals surface area contributed by atoms with Gasteiger partial charge < -0.3 is 5.32 Å². The van der Waals surface area contributed by atoms with E-state index in [0.717, 1.165) is 18.4 Å². The maximum atomic E-state index is 4.57. The van der Waals surface area contributed by atoms with Gasteiger partial charge in [0.1, 0.15) is 0 Å². The molecule has 0 spiro atoms. The summed E-state index contributed by atoms with van der Waals surface area (Å²) in [6, 6.07) is 0. The van der Waals surface area contributed by atoms with Gasteiger partial charge in [0.25, 0.3) is 0 Å². The number of hydrogen-bond donors (Lipinski definition) is 1. The Kier molecular flexibility index (Phi) is 2.15. The molecule has 0 radical (unpaired) electrons. The number of aromatic nitrogens is 1. The van der Waals surface area contributed by atoms with E-state index in [-0.39, 0.29) is 0 Å². The van der Waals surface area contributed by atoms with Crippen LogP contribution in [0.3, 0.4) is 0 Å². The summed E-state index contributed by atoms with van der Waals surface area (Å²) < 4.78 is 0. The second kappa shape index (κ2) is 3.15. The van der Waals surface area contributed by atoms with Crippen LogP contribution in [0.2, 0.25) is 0 Å². The fraction of sp³-hybridized carbons (Fsp3) is 0.667. The minimum absolute atomic E-state index is 0.778. The first-order chi connectivity index (χ1) is 5.81. The van der Waals surface area contributed by atoms with Crippen molar-refractivity contribution >= 4 is 11.3 Å². The summed E-state index contributed by atoms with van der Waals surface area (Å²) >= 11 is 1.81. The standard InChI is InChI=1S/C9H14N2S/c1-6-3-8(6)9-11-7(4-10-2)5-12-9/h5-6,8,10H,3-4H2,1-2H3. The SMILES string of the molecule is CNCc1csc(C2CC2C)n1. The third-order valence-electron chi connectivity index (χ3n) is 2.35. The van der Waals surface area contributed by atoms with Crippen LogP contribution < -0.4 is 5.32 Å². The van der Waals surface area contributed by atoms with E-state index in [9.17, 15) is 0 Å². The Morgan fingerprint density at radius 1 is 1.75 bits per heavy atom. The summed E-state index contributed by atoms with van der Waals surface area (Å²) in [5.74, 6) is 1.65. The highest BCUT2D eigenvalue weighted by Gasteiger charge is 2.36. The molecular formula is C9H14N2S. The van der Waals surface area contributed by atoms with Crippen molar-refractivity contribution in [3.8, 4) is 0 Å². The molecule has 2 unspecified atom stereocenters. The molecule has 1 aromatic heterocycles. The highest BCUT2D eigenvalue weighted by atomic mass is 32.1. The molecule has 1 aliphatic rings. The highest BCUT2D eigenvalue weighted by Crippen LogP contribution is 2.47. The van der Waals surface area contributed by atoms with Gasteiger partial charge in [0.2, 0.25) is 0 Å². The molecule has 1 aromatic rings. The first kappa shape index (κ1) is 8.20. The van der Waals surface area contributed by atoms with Gasteiger partial charge in [-0.3, -0.25) is 0 Å². The molecule has 2 rings (SSSR count). The maximum Gasteiger partial charge on any atom is 0.0962 e. The van der Waals surface area contributed by atoms with Gasteiger partial charge in [0.05, 0.1) is 10.7 Å². The Labute approximate surface area is 77.0 Å². The second-order valence-corrected chi connectivity index (χ2v) is 4.42. The predicted octanol–water partition coefficient (Wildman–Crippen LogP) is 1.99. The first-order valence-corrected chi connectivity index (χ1v) is 5.28. The number of thiazole rings is 1. The van der Waals surface area contributed by atoms with Crippen molar-refractivity contribution in [2.24, 2.45) is 5.92 Å². The van der Waals surface area contributed by atoms with Crippen LogP contribution in [0.15, 0.2) is 5.38 Å². The van der Waals surface area contributed by atoms with E-state index in [1.54, 1.807) is 0 Å². The van der Waals surface area contributed by atoms with Crippen LogP contribution in [0.1, 0.15) is 30.0 Å². The topological polar surface area (TPSA) is 24.9 Å². The fourth-order valence-corrected chi connectivity index (χ4v) is 2.49. The second-order valence-electron chi connectivity index (χ2n) is 3.53. The minimum Gasteiger partial charge on any atom is -0.314 e. The summed E-state index contributed by atoms with van der Waals surface area (Å²) in [4.78, 5) is 4.57. The van der Waals surface area contributed by atoms with E-state index in [2.05, 4.69) is 22.6 Å². The van der Waals surface area contributed by atoms with Crippen molar-refractivity contribution in [1.82, 2.24) is 10.3 Å². The van der Waals surface area contributed by atoms with Gasteiger partial charge in [-0.15, -0.1) is 11.3 Å². The largest absolute Gasteiger partial charge is 0.314 e. The zero-order chi connectivity index (χ0) is 8.55. The number of rotatable bonds is 3. The molecule has 0 bridgehead atoms. The lowest BCUT2D eigenvalue weighted by atomic mass is 10.3. The molecule has 0 aliphatic heterocycles. The molecule has 3 heteroatoms. The van der Waals surface area contributed by atoms with E-state index >= 15 is 0 Å². The monoisotopic (exact) mass is 182 g/mol. The lowest BCUT2D eigenvalue weighted by Gasteiger charge is -1.91. The van der Waals surface area contributed by atoms with Crippen molar-refractivity contribution in [2.75, 3.05) is 7.05 Å². The normalized spacial score (nSPS) is 27.5. The average molecular weight is 182 g/mol. The molecule has 1 N–H and O–H groups in total. The highest BCUT2D eigenvalue weighted by molar-refractivity contribution is 7.09. The van der Waals surface area contributed by atoms with Crippen LogP contribution in [0.25, 0.3) is 0 Å². The molecule has 12 heavy (non-hydrogen) atoms. The third-order valence-corrected chi connectivity index (χ3v) is 3.38. The number of nitrogens with one attached hydrogen (secondary N) is 1. The third kappa shape index (κ3) is 1.52. The summed E-state index contributed by atoms with van der Waals surface area (Å²) in [5, 5.41) is 6.62. The Bertz CT molecular complexity index is 269. The summed E-state index contributed by atoms with van der Waals surface area (Å²) in [5.41, 5.74) is 1.19. The average Bonchev–Trinajstić information content (AvgIpc) is 2.62. The first-order valence-electron chi connectivity index (χ1n) is 4.40. The maximum absolute atomic E-state index is 4.57. The predicted molar refractivity (Wildman–Crippen MR) is 51.4 cm³/mol. The van der Waals surface area contributed by atoms with E-state index in [0.29, 0.717) is 0 Å². The van der Waals surface area contributed by atoms with Crippen LogP contribution in [0.5, 0.6) is 0 Å². The Balaban J connectivity index is 2.04. The van der Waals surface area contributed by atoms with Gasteiger partial charge in [0, 0.05) is 17.8 Å². The van der Waals surface area contributed by atoms with Crippen LogP contribution in [0, 0.1) is 5.92 Å². The van der Waals surface area contributed by atoms with Crippen LogP contribution in [-0.4, -0.2) is 12.0 Å². The lowest BCUT2D eigenvalue weighted by Crippen LogP contribution is -2.05. The van der Waals surface area contributed by atoms with Crippen molar-refractivity contribution in [2.45, 2.75) is 25.8 Å². The molecule has 1 heterocycles. The van der Waals surface area contributed by atoms with Crippen LogP contribution in [-0.2, 0) is 6.54 Å². The van der Waals surface area contributed by atoms with Gasteiger partial charge in [0.15, 0.2) is 0 Å². The number of nitrogens with zero attached hydrogens (tertiary/aromatic N) is 1. The zero-order valence-electron chi connectivity index (χ0n) is 7.50. The molecule has 0 saturated heterocycles. The Morgan fingerprint density at radius 3 is 3.08 bits per heavy atom. The Morgan fingerprint density at radius 2 is 2.50 bits per heavy atom. The summed E-state index contributed by atoms with van der Waals surface area (Å²) in [6.45, 7) is 3.20.